The van der Waals surface area contributed by atoms with E-state index in [2.05, 4.69) is 25.5 Å². The van der Waals surface area contributed by atoms with Crippen LogP contribution >= 0.6 is 11.6 Å². The highest BCUT2D eigenvalue weighted by atomic mass is 35.5. The van der Waals surface area contributed by atoms with Crippen molar-refractivity contribution in [3.05, 3.63) is 77.5 Å². The van der Waals surface area contributed by atoms with E-state index in [0.717, 1.165) is 31.7 Å². The number of halogens is 3. The Kier molecular flexibility index (Phi) is 6.33. The summed E-state index contributed by atoms with van der Waals surface area (Å²) in [5.41, 5.74) is 1.32. The molecule has 1 aliphatic rings. The maximum absolute atomic E-state index is 14.7. The van der Waals surface area contributed by atoms with Gasteiger partial charge in [-0.1, -0.05) is 17.7 Å². The van der Waals surface area contributed by atoms with Crippen LogP contribution in [0.4, 0.5) is 30.8 Å². The van der Waals surface area contributed by atoms with Gasteiger partial charge in [-0.3, -0.25) is 4.98 Å². The van der Waals surface area contributed by atoms with E-state index in [1.54, 1.807) is 42.6 Å². The first-order valence-electron chi connectivity index (χ1n) is 11.0. The van der Waals surface area contributed by atoms with Crippen LogP contribution in [-0.4, -0.2) is 29.1 Å². The number of rotatable bonds is 5. The predicted octanol–water partition coefficient (Wildman–Crippen LogP) is 6.60. The Balaban J connectivity index is 1.32. The molecule has 1 aromatic heterocycles. The van der Waals surface area contributed by atoms with Crippen molar-refractivity contribution in [2.75, 3.05) is 28.6 Å². The lowest BCUT2D eigenvalue weighted by Crippen LogP contribution is -2.20. The van der Waals surface area contributed by atoms with Gasteiger partial charge in [0.1, 0.15) is 11.6 Å². The van der Waals surface area contributed by atoms with Gasteiger partial charge in [0.25, 0.3) is 0 Å². The topological polar surface area (TPSA) is 79.4 Å². The highest BCUT2D eigenvalue weighted by Crippen LogP contribution is 2.31. The number of benzene rings is 3. The van der Waals surface area contributed by atoms with Crippen molar-refractivity contribution in [3.63, 3.8) is 0 Å². The second-order valence-electron chi connectivity index (χ2n) is 8.00. The number of urea groups is 1. The third-order valence-electron chi connectivity index (χ3n) is 5.54. The molecule has 1 fully saturated rings. The van der Waals surface area contributed by atoms with Gasteiger partial charge in [-0.15, -0.1) is 0 Å². The minimum absolute atomic E-state index is 0.281. The molecule has 0 aliphatic carbocycles. The van der Waals surface area contributed by atoms with Crippen molar-refractivity contribution < 1.29 is 18.3 Å². The molecule has 3 aromatic carbocycles. The first-order chi connectivity index (χ1) is 17.0. The van der Waals surface area contributed by atoms with Crippen molar-refractivity contribution in [2.24, 2.45) is 0 Å². The molecule has 1 aliphatic heterocycles. The van der Waals surface area contributed by atoms with Crippen LogP contribution in [0.5, 0.6) is 11.5 Å². The summed E-state index contributed by atoms with van der Waals surface area (Å²) in [5, 5.41) is 5.21. The maximum atomic E-state index is 14.7. The first-order valence-corrected chi connectivity index (χ1v) is 11.4. The van der Waals surface area contributed by atoms with Crippen LogP contribution in [0.15, 0.2) is 60.8 Å². The molecule has 4 aromatic rings. The van der Waals surface area contributed by atoms with Crippen LogP contribution in [0.25, 0.3) is 11.0 Å². The summed E-state index contributed by atoms with van der Waals surface area (Å²) in [4.78, 5) is 23.4. The predicted molar refractivity (Wildman–Crippen MR) is 132 cm³/mol. The number of fused-ring (bicyclic) bond motifs is 1. The second-order valence-corrected chi connectivity index (χ2v) is 8.44. The zero-order valence-corrected chi connectivity index (χ0v) is 19.1. The van der Waals surface area contributed by atoms with Crippen LogP contribution in [0.3, 0.4) is 0 Å². The molecule has 10 heteroatoms. The van der Waals surface area contributed by atoms with Crippen LogP contribution in [-0.2, 0) is 0 Å². The minimum atomic E-state index is -1.25. The fourth-order valence-electron chi connectivity index (χ4n) is 3.83. The quantitative estimate of drug-likeness (QED) is 0.326. The molecular formula is C25H20ClF2N5O2. The number of hydrogen-bond donors (Lipinski definition) is 2. The maximum Gasteiger partial charge on any atom is 0.323 e. The van der Waals surface area contributed by atoms with E-state index in [4.69, 9.17) is 16.3 Å². The number of ether oxygens (including phenoxy) is 1. The lowest BCUT2D eigenvalue weighted by Gasteiger charge is -2.16. The standard InChI is InChI=1S/C25H20ClF2N5O2/c26-15-4-3-5-16(12-15)30-25(34)32-19-8-9-21(24(28)23(19)27)35-17-6-7-18-20(13-17)31-22(14-29-18)33-10-1-2-11-33/h3-9,12-14H,1-2,10-11H2,(H2,30,32,34). The molecule has 35 heavy (non-hydrogen) atoms. The normalized spacial score (nSPS) is 13.2. The van der Waals surface area contributed by atoms with E-state index in [0.29, 0.717) is 21.7 Å². The number of anilines is 3. The van der Waals surface area contributed by atoms with Gasteiger partial charge >= 0.3 is 6.03 Å². The first kappa shape index (κ1) is 22.8. The third-order valence-corrected chi connectivity index (χ3v) is 5.77. The summed E-state index contributed by atoms with van der Waals surface area (Å²) in [6, 6.07) is 13.1. The molecule has 0 radical (unpaired) electrons. The smallest absolute Gasteiger partial charge is 0.323 e. The molecule has 1 saturated heterocycles. The highest BCUT2D eigenvalue weighted by molar-refractivity contribution is 6.30. The van der Waals surface area contributed by atoms with Gasteiger partial charge in [0.15, 0.2) is 11.6 Å². The number of nitrogens with one attached hydrogen (secondary N) is 2. The fourth-order valence-corrected chi connectivity index (χ4v) is 4.02. The molecule has 0 atom stereocenters. The van der Waals surface area contributed by atoms with Gasteiger partial charge in [0.05, 0.1) is 22.9 Å². The Hall–Kier alpha value is -3.98. The SMILES string of the molecule is O=C(Nc1cccc(Cl)c1)Nc1ccc(Oc2ccc3ncc(N4CCCC4)nc3c2)c(F)c1F. The average molecular weight is 496 g/mol. The Morgan fingerprint density at radius 1 is 0.971 bits per heavy atom. The summed E-state index contributed by atoms with van der Waals surface area (Å²) in [6.07, 6.45) is 3.96. The van der Waals surface area contributed by atoms with E-state index >= 15 is 0 Å². The lowest BCUT2D eigenvalue weighted by molar-refractivity contribution is 0.262. The summed E-state index contributed by atoms with van der Waals surface area (Å²) in [6.45, 7) is 1.86. The average Bonchev–Trinajstić information content (AvgIpc) is 3.38. The lowest BCUT2D eigenvalue weighted by atomic mass is 10.2. The Labute approximate surface area is 204 Å². The summed E-state index contributed by atoms with van der Waals surface area (Å²) >= 11 is 5.88. The highest BCUT2D eigenvalue weighted by Gasteiger charge is 2.18. The van der Waals surface area contributed by atoms with Crippen molar-refractivity contribution in [3.8, 4) is 11.5 Å². The molecule has 5 rings (SSSR count). The van der Waals surface area contributed by atoms with Gasteiger partial charge in [-0.05, 0) is 55.3 Å². The molecule has 0 unspecified atom stereocenters. The number of carbonyl (C=O) groups is 1. The van der Waals surface area contributed by atoms with Crippen LogP contribution in [0.1, 0.15) is 12.8 Å². The number of amides is 2. The summed E-state index contributed by atoms with van der Waals surface area (Å²) in [7, 11) is 0. The third kappa shape index (κ3) is 5.09. The van der Waals surface area contributed by atoms with Gasteiger partial charge in [-0.2, -0.15) is 4.39 Å². The van der Waals surface area contributed by atoms with Crippen LogP contribution in [0, 0.1) is 11.6 Å². The van der Waals surface area contributed by atoms with Crippen molar-refractivity contribution in [1.82, 2.24) is 9.97 Å². The number of hydrogen-bond acceptors (Lipinski definition) is 5. The molecule has 178 valence electrons. The van der Waals surface area contributed by atoms with Gasteiger partial charge in [0.2, 0.25) is 5.82 Å². The van der Waals surface area contributed by atoms with E-state index in [1.807, 2.05) is 0 Å². The van der Waals surface area contributed by atoms with Gasteiger partial charge in [0, 0.05) is 29.9 Å². The number of carbonyl (C=O) groups excluding carboxylic acids is 1. The summed E-state index contributed by atoms with van der Waals surface area (Å²) < 4.78 is 35.0. The zero-order chi connectivity index (χ0) is 24.4. The molecular weight excluding hydrogens is 476 g/mol. The minimum Gasteiger partial charge on any atom is -0.454 e. The summed E-state index contributed by atoms with van der Waals surface area (Å²) in [5.74, 6) is -1.76. The Morgan fingerprint density at radius 2 is 1.80 bits per heavy atom. The number of nitrogens with zero attached hydrogens (tertiary/aromatic N) is 3. The Morgan fingerprint density at radius 3 is 2.60 bits per heavy atom. The number of aromatic nitrogens is 2. The van der Waals surface area contributed by atoms with Gasteiger partial charge < -0.3 is 20.3 Å². The van der Waals surface area contributed by atoms with Crippen molar-refractivity contribution in [2.45, 2.75) is 12.8 Å². The molecule has 2 heterocycles. The van der Waals surface area contributed by atoms with Crippen LogP contribution < -0.4 is 20.3 Å². The van der Waals surface area contributed by atoms with E-state index in [1.165, 1.54) is 18.2 Å². The van der Waals surface area contributed by atoms with E-state index in [-0.39, 0.29) is 17.2 Å². The largest absolute Gasteiger partial charge is 0.454 e. The molecule has 7 nitrogen and oxygen atoms in total. The molecule has 0 spiro atoms. The Bertz CT molecular complexity index is 1410. The van der Waals surface area contributed by atoms with E-state index < -0.39 is 17.7 Å². The van der Waals surface area contributed by atoms with Crippen LogP contribution in [0.2, 0.25) is 5.02 Å². The second kappa shape index (κ2) is 9.71. The zero-order valence-electron chi connectivity index (χ0n) is 18.4. The van der Waals surface area contributed by atoms with Crippen molar-refractivity contribution >= 4 is 45.9 Å². The molecule has 2 amide bonds. The monoisotopic (exact) mass is 495 g/mol. The van der Waals surface area contributed by atoms with E-state index in [9.17, 15) is 13.6 Å². The van der Waals surface area contributed by atoms with Gasteiger partial charge in [-0.25, -0.2) is 14.2 Å². The fraction of sp³-hybridized carbons (Fsp3) is 0.160. The molecule has 0 bridgehead atoms. The molecule has 2 N–H and O–H groups in total. The molecule has 0 saturated carbocycles. The van der Waals surface area contributed by atoms with Crippen molar-refractivity contribution in [1.29, 1.82) is 0 Å².